The maximum absolute atomic E-state index is 12.5. The number of aliphatic hydroxyl groups is 1. The Morgan fingerprint density at radius 2 is 2.00 bits per heavy atom. The highest BCUT2D eigenvalue weighted by molar-refractivity contribution is 5.95. The minimum Gasteiger partial charge on any atom is -0.385 e. The summed E-state index contributed by atoms with van der Waals surface area (Å²) in [5.74, 6) is -0.353. The summed E-state index contributed by atoms with van der Waals surface area (Å²) < 4.78 is 0. The number of aromatic nitrogens is 1. The lowest BCUT2D eigenvalue weighted by atomic mass is 9.71. The molecule has 1 heterocycles. The van der Waals surface area contributed by atoms with Gasteiger partial charge in [0.2, 0.25) is 0 Å². The first-order chi connectivity index (χ1) is 13.0. The van der Waals surface area contributed by atoms with Crippen molar-refractivity contribution < 1.29 is 9.90 Å². The predicted octanol–water partition coefficient (Wildman–Crippen LogP) is 3.61. The molecule has 1 fully saturated rings. The van der Waals surface area contributed by atoms with Gasteiger partial charge < -0.3 is 10.4 Å². The minimum atomic E-state index is -0.972. The van der Waals surface area contributed by atoms with Crippen molar-refractivity contribution in [2.75, 3.05) is 0 Å². The van der Waals surface area contributed by atoms with Crippen molar-refractivity contribution in [2.45, 2.75) is 31.0 Å². The Bertz CT molecular complexity index is 943. The fraction of sp³-hybridized carbons (Fsp3) is 0.294. The molecule has 0 atom stereocenters. The largest absolute Gasteiger partial charge is 0.385 e. The molecule has 0 aliphatic heterocycles. The van der Waals surface area contributed by atoms with Crippen molar-refractivity contribution in [3.63, 3.8) is 0 Å². The molecule has 10 heteroatoms. The Kier molecular flexibility index (Phi) is 5.23. The van der Waals surface area contributed by atoms with Crippen LogP contribution in [-0.4, -0.2) is 22.0 Å². The molecule has 1 saturated carbocycles. The molecule has 1 aromatic carbocycles. The van der Waals surface area contributed by atoms with Crippen LogP contribution in [0.25, 0.3) is 20.9 Å². The van der Waals surface area contributed by atoms with E-state index >= 15 is 0 Å². The topological polar surface area (TPSA) is 160 Å². The molecule has 1 aliphatic rings. The van der Waals surface area contributed by atoms with E-state index in [9.17, 15) is 9.90 Å². The predicted molar refractivity (Wildman–Crippen MR) is 96.7 cm³/mol. The fourth-order valence-electron chi connectivity index (χ4n) is 3.14. The van der Waals surface area contributed by atoms with E-state index in [0.717, 1.165) is 5.56 Å². The summed E-state index contributed by atoms with van der Waals surface area (Å²) in [7, 11) is 0. The van der Waals surface area contributed by atoms with E-state index in [2.05, 4.69) is 30.4 Å². The summed E-state index contributed by atoms with van der Waals surface area (Å²) in [6.07, 6.45) is 4.02. The Balaban J connectivity index is 1.70. The van der Waals surface area contributed by atoms with Gasteiger partial charge in [-0.2, -0.15) is 0 Å². The van der Waals surface area contributed by atoms with Crippen molar-refractivity contribution in [2.24, 2.45) is 10.2 Å². The van der Waals surface area contributed by atoms with Crippen molar-refractivity contribution in [3.05, 3.63) is 80.3 Å². The fourth-order valence-corrected chi connectivity index (χ4v) is 3.14. The van der Waals surface area contributed by atoms with Crippen LogP contribution in [0.4, 0.5) is 5.69 Å². The summed E-state index contributed by atoms with van der Waals surface area (Å²) in [6, 6.07) is 7.92. The summed E-state index contributed by atoms with van der Waals surface area (Å²) in [6.45, 7) is 0.0385. The van der Waals surface area contributed by atoms with Gasteiger partial charge in [0, 0.05) is 52.4 Å². The molecule has 1 aliphatic carbocycles. The maximum atomic E-state index is 12.5. The van der Waals surface area contributed by atoms with Crippen LogP contribution in [0.1, 0.15) is 34.3 Å². The number of azide groups is 2. The number of pyridine rings is 1. The normalized spacial score (nSPS) is 20.6. The molecule has 0 spiro atoms. The number of hydrogen-bond acceptors (Lipinski definition) is 5. The van der Waals surface area contributed by atoms with E-state index in [1.54, 1.807) is 36.7 Å². The van der Waals surface area contributed by atoms with E-state index in [-0.39, 0.29) is 24.2 Å². The molecule has 27 heavy (non-hydrogen) atoms. The van der Waals surface area contributed by atoms with Gasteiger partial charge in [0.05, 0.1) is 12.1 Å². The average Bonchev–Trinajstić information content (AvgIpc) is 2.65. The smallest absolute Gasteiger partial charge is 0.251 e. The van der Waals surface area contributed by atoms with Gasteiger partial charge in [-0.25, -0.2) is 0 Å². The number of benzene rings is 1. The van der Waals surface area contributed by atoms with E-state index in [1.165, 1.54) is 6.07 Å². The molecule has 0 bridgehead atoms. The van der Waals surface area contributed by atoms with Crippen molar-refractivity contribution >= 4 is 11.6 Å². The summed E-state index contributed by atoms with van der Waals surface area (Å²) in [4.78, 5) is 21.9. The van der Waals surface area contributed by atoms with Gasteiger partial charge in [-0.15, -0.1) is 0 Å². The van der Waals surface area contributed by atoms with Crippen LogP contribution in [0, 0.1) is 0 Å². The third kappa shape index (κ3) is 4.16. The van der Waals surface area contributed by atoms with Crippen LogP contribution in [0.2, 0.25) is 0 Å². The lowest BCUT2D eigenvalue weighted by Gasteiger charge is -2.44. The highest BCUT2D eigenvalue weighted by atomic mass is 16.3. The zero-order valence-electron chi connectivity index (χ0n) is 14.2. The first-order valence-electron chi connectivity index (χ1n) is 8.18. The quantitative estimate of drug-likeness (QED) is 0.456. The molecule has 2 N–H and O–H groups in total. The lowest BCUT2D eigenvalue weighted by Crippen LogP contribution is -2.53. The van der Waals surface area contributed by atoms with Crippen LogP contribution < -0.4 is 5.32 Å². The monoisotopic (exact) mass is 364 g/mol. The summed E-state index contributed by atoms with van der Waals surface area (Å²) in [5.41, 5.74) is 18.0. The first kappa shape index (κ1) is 18.2. The van der Waals surface area contributed by atoms with Crippen LogP contribution in [0.5, 0.6) is 0 Å². The molecule has 0 radical (unpaired) electrons. The number of amides is 1. The molecule has 3 rings (SSSR count). The van der Waals surface area contributed by atoms with Crippen LogP contribution >= 0.6 is 0 Å². The average molecular weight is 364 g/mol. The van der Waals surface area contributed by atoms with E-state index in [4.69, 9.17) is 11.1 Å². The second-order valence-corrected chi connectivity index (χ2v) is 6.31. The highest BCUT2D eigenvalue weighted by Gasteiger charge is 2.44. The molecule has 10 nitrogen and oxygen atoms in total. The molecule has 136 valence electrons. The SMILES string of the molecule is [N-]=[N+]=NCc1cc(N=[N+]=[N-])cc(C(=O)NC2CC(O)(c3ccncc3)C2)c1. The summed E-state index contributed by atoms with van der Waals surface area (Å²) in [5, 5.41) is 20.4. The van der Waals surface area contributed by atoms with Gasteiger partial charge >= 0.3 is 0 Å². The second-order valence-electron chi connectivity index (χ2n) is 6.31. The van der Waals surface area contributed by atoms with Gasteiger partial charge in [-0.1, -0.05) is 10.2 Å². The Morgan fingerprint density at radius 3 is 2.67 bits per heavy atom. The lowest BCUT2D eigenvalue weighted by molar-refractivity contribution is -0.0595. The summed E-state index contributed by atoms with van der Waals surface area (Å²) >= 11 is 0. The Labute approximate surface area is 154 Å². The number of rotatable bonds is 6. The zero-order valence-corrected chi connectivity index (χ0v) is 14.2. The van der Waals surface area contributed by atoms with Crippen molar-refractivity contribution in [1.29, 1.82) is 0 Å². The third-order valence-electron chi connectivity index (χ3n) is 4.44. The van der Waals surface area contributed by atoms with Crippen LogP contribution in [-0.2, 0) is 12.1 Å². The van der Waals surface area contributed by atoms with Gasteiger partial charge in [-0.3, -0.25) is 9.78 Å². The number of hydrogen-bond donors (Lipinski definition) is 2. The first-order valence-corrected chi connectivity index (χ1v) is 8.18. The molecule has 0 unspecified atom stereocenters. The minimum absolute atomic E-state index is 0.0385. The molecule has 1 amide bonds. The molecular weight excluding hydrogens is 348 g/mol. The zero-order chi connectivity index (χ0) is 19.3. The molecule has 1 aromatic heterocycles. The number of nitrogens with one attached hydrogen (secondary N) is 1. The number of carbonyl (C=O) groups is 1. The Hall–Kier alpha value is -3.58. The molecular formula is C17H16N8O2. The Morgan fingerprint density at radius 1 is 1.26 bits per heavy atom. The number of carbonyl (C=O) groups excluding carboxylic acids is 1. The van der Waals surface area contributed by atoms with Gasteiger partial charge in [0.1, 0.15) is 0 Å². The highest BCUT2D eigenvalue weighted by Crippen LogP contribution is 2.41. The standard InChI is InChI=1S/C17H16N8O2/c18-24-21-10-11-5-12(7-14(6-11)23-25-19)16(26)22-15-8-17(27,9-15)13-1-3-20-4-2-13/h1-7,15,27H,8-10H2,(H,22,26). The van der Waals surface area contributed by atoms with Gasteiger partial charge in [-0.05, 0) is 52.5 Å². The van der Waals surface area contributed by atoms with Crippen LogP contribution in [0.15, 0.2) is 53.0 Å². The third-order valence-corrected chi connectivity index (χ3v) is 4.44. The molecule has 2 aromatic rings. The van der Waals surface area contributed by atoms with E-state index in [1.807, 2.05) is 0 Å². The van der Waals surface area contributed by atoms with Crippen molar-refractivity contribution in [3.8, 4) is 0 Å². The van der Waals surface area contributed by atoms with Gasteiger partial charge in [0.25, 0.3) is 5.91 Å². The second kappa shape index (κ2) is 7.76. The maximum Gasteiger partial charge on any atom is 0.251 e. The molecule has 0 saturated heterocycles. The van der Waals surface area contributed by atoms with Crippen LogP contribution in [0.3, 0.4) is 0 Å². The van der Waals surface area contributed by atoms with E-state index in [0.29, 0.717) is 24.0 Å². The number of nitrogens with zero attached hydrogens (tertiary/aromatic N) is 7. The van der Waals surface area contributed by atoms with E-state index < -0.39 is 5.60 Å². The van der Waals surface area contributed by atoms with Crippen molar-refractivity contribution in [1.82, 2.24) is 10.3 Å². The van der Waals surface area contributed by atoms with Gasteiger partial charge in [0.15, 0.2) is 0 Å².